The van der Waals surface area contributed by atoms with Gasteiger partial charge in [-0.05, 0) is 41.4 Å². The Morgan fingerprint density at radius 2 is 2.17 bits per heavy atom. The van der Waals surface area contributed by atoms with Gasteiger partial charge in [-0.2, -0.15) is 0 Å². The lowest BCUT2D eigenvalue weighted by Crippen LogP contribution is -2.32. The van der Waals surface area contributed by atoms with E-state index in [0.717, 1.165) is 5.56 Å². The van der Waals surface area contributed by atoms with Crippen molar-refractivity contribution in [1.29, 1.82) is 0 Å². The normalized spacial score (nSPS) is 10.7. The standard InChI is InChI=1S/C13H18BrFN2O/c1-9(2)17-12(18)6-7-16-8-10-4-3-5-11(15)13(10)14/h3-5,9,16H,6-8H2,1-2H3,(H,17,18). The molecule has 5 heteroatoms. The van der Waals surface area contributed by atoms with Crippen LogP contribution in [0.15, 0.2) is 22.7 Å². The molecule has 2 N–H and O–H groups in total. The summed E-state index contributed by atoms with van der Waals surface area (Å²) in [6, 6.07) is 5.08. The van der Waals surface area contributed by atoms with Crippen LogP contribution in [0.1, 0.15) is 25.8 Å². The first-order valence-corrected chi connectivity index (χ1v) is 6.73. The Bertz CT molecular complexity index is 410. The Kier molecular flexibility index (Phi) is 6.29. The van der Waals surface area contributed by atoms with Crippen molar-refractivity contribution in [2.24, 2.45) is 0 Å². The fraction of sp³-hybridized carbons (Fsp3) is 0.462. The lowest BCUT2D eigenvalue weighted by atomic mass is 10.2. The lowest BCUT2D eigenvalue weighted by Gasteiger charge is -2.09. The van der Waals surface area contributed by atoms with Gasteiger partial charge in [0.25, 0.3) is 0 Å². The van der Waals surface area contributed by atoms with Crippen molar-refractivity contribution in [3.63, 3.8) is 0 Å². The summed E-state index contributed by atoms with van der Waals surface area (Å²) < 4.78 is 13.7. The van der Waals surface area contributed by atoms with Crippen LogP contribution in [0.4, 0.5) is 4.39 Å². The van der Waals surface area contributed by atoms with E-state index in [1.807, 2.05) is 19.9 Å². The smallest absolute Gasteiger partial charge is 0.221 e. The SMILES string of the molecule is CC(C)NC(=O)CCNCc1cccc(F)c1Br. The van der Waals surface area contributed by atoms with Gasteiger partial charge in [0, 0.05) is 25.6 Å². The first kappa shape index (κ1) is 15.1. The van der Waals surface area contributed by atoms with E-state index in [4.69, 9.17) is 0 Å². The Hall–Kier alpha value is -0.940. The first-order chi connectivity index (χ1) is 8.50. The molecule has 18 heavy (non-hydrogen) atoms. The van der Waals surface area contributed by atoms with Crippen LogP contribution in [-0.4, -0.2) is 18.5 Å². The zero-order valence-corrected chi connectivity index (χ0v) is 12.2. The van der Waals surface area contributed by atoms with Gasteiger partial charge in [0.15, 0.2) is 0 Å². The monoisotopic (exact) mass is 316 g/mol. The van der Waals surface area contributed by atoms with E-state index in [-0.39, 0.29) is 17.8 Å². The third-order valence-electron chi connectivity index (χ3n) is 2.33. The molecule has 0 unspecified atom stereocenters. The molecule has 0 spiro atoms. The molecule has 1 amide bonds. The van der Waals surface area contributed by atoms with Crippen LogP contribution in [0.5, 0.6) is 0 Å². The molecule has 0 atom stereocenters. The Morgan fingerprint density at radius 1 is 1.44 bits per heavy atom. The molecule has 0 fully saturated rings. The Labute approximate surface area is 115 Å². The molecule has 0 aliphatic rings. The highest BCUT2D eigenvalue weighted by molar-refractivity contribution is 9.10. The molecule has 0 bridgehead atoms. The van der Waals surface area contributed by atoms with Crippen molar-refractivity contribution >= 4 is 21.8 Å². The highest BCUT2D eigenvalue weighted by atomic mass is 79.9. The van der Waals surface area contributed by atoms with Crippen molar-refractivity contribution < 1.29 is 9.18 Å². The van der Waals surface area contributed by atoms with Crippen LogP contribution in [0.2, 0.25) is 0 Å². The molecule has 0 aromatic heterocycles. The first-order valence-electron chi connectivity index (χ1n) is 5.93. The van der Waals surface area contributed by atoms with Gasteiger partial charge >= 0.3 is 0 Å². The van der Waals surface area contributed by atoms with Gasteiger partial charge < -0.3 is 10.6 Å². The Morgan fingerprint density at radius 3 is 2.83 bits per heavy atom. The number of hydrogen-bond donors (Lipinski definition) is 2. The van der Waals surface area contributed by atoms with E-state index in [1.165, 1.54) is 6.07 Å². The second-order valence-electron chi connectivity index (χ2n) is 4.36. The van der Waals surface area contributed by atoms with Crippen LogP contribution in [0.25, 0.3) is 0 Å². The van der Waals surface area contributed by atoms with Gasteiger partial charge in [-0.3, -0.25) is 4.79 Å². The topological polar surface area (TPSA) is 41.1 Å². The van der Waals surface area contributed by atoms with E-state index in [9.17, 15) is 9.18 Å². The van der Waals surface area contributed by atoms with E-state index in [2.05, 4.69) is 26.6 Å². The second-order valence-corrected chi connectivity index (χ2v) is 5.15. The molecular weight excluding hydrogens is 299 g/mol. The van der Waals surface area contributed by atoms with Crippen LogP contribution in [0, 0.1) is 5.82 Å². The third kappa shape index (κ3) is 5.14. The maximum atomic E-state index is 13.2. The summed E-state index contributed by atoms with van der Waals surface area (Å²) in [7, 11) is 0. The maximum absolute atomic E-state index is 13.2. The largest absolute Gasteiger partial charge is 0.354 e. The van der Waals surface area contributed by atoms with Crippen molar-refractivity contribution in [1.82, 2.24) is 10.6 Å². The maximum Gasteiger partial charge on any atom is 0.221 e. The van der Waals surface area contributed by atoms with Crippen molar-refractivity contribution in [2.45, 2.75) is 32.9 Å². The van der Waals surface area contributed by atoms with Crippen molar-refractivity contribution in [3.8, 4) is 0 Å². The summed E-state index contributed by atoms with van der Waals surface area (Å²) in [6.07, 6.45) is 0.422. The quantitative estimate of drug-likeness (QED) is 0.792. The van der Waals surface area contributed by atoms with E-state index >= 15 is 0 Å². The molecular formula is C13H18BrFN2O. The number of rotatable bonds is 6. The van der Waals surface area contributed by atoms with Crippen LogP contribution >= 0.6 is 15.9 Å². The van der Waals surface area contributed by atoms with Gasteiger partial charge in [0.05, 0.1) is 4.47 Å². The van der Waals surface area contributed by atoms with Crippen LogP contribution in [-0.2, 0) is 11.3 Å². The summed E-state index contributed by atoms with van der Waals surface area (Å²) in [5, 5.41) is 5.93. The molecule has 1 rings (SSSR count). The second kappa shape index (κ2) is 7.48. The van der Waals surface area contributed by atoms with Gasteiger partial charge in [0.1, 0.15) is 5.82 Å². The fourth-order valence-electron chi connectivity index (χ4n) is 1.50. The lowest BCUT2D eigenvalue weighted by molar-refractivity contribution is -0.121. The molecule has 0 aliphatic heterocycles. The van der Waals surface area contributed by atoms with Gasteiger partial charge in [-0.25, -0.2) is 4.39 Å². The molecule has 0 saturated heterocycles. The highest BCUT2D eigenvalue weighted by Gasteiger charge is 2.05. The van der Waals surface area contributed by atoms with Gasteiger partial charge in [-0.15, -0.1) is 0 Å². The number of carbonyl (C=O) groups excluding carboxylic acids is 1. The van der Waals surface area contributed by atoms with E-state index < -0.39 is 0 Å². The third-order valence-corrected chi connectivity index (χ3v) is 3.21. The van der Waals surface area contributed by atoms with Crippen LogP contribution in [0.3, 0.4) is 0 Å². The molecule has 0 radical (unpaired) electrons. The average molecular weight is 317 g/mol. The number of benzene rings is 1. The van der Waals surface area contributed by atoms with Gasteiger partial charge in [0.2, 0.25) is 5.91 Å². The van der Waals surface area contributed by atoms with Gasteiger partial charge in [-0.1, -0.05) is 12.1 Å². The van der Waals surface area contributed by atoms with Crippen molar-refractivity contribution in [2.75, 3.05) is 6.54 Å². The molecule has 0 aliphatic carbocycles. The van der Waals surface area contributed by atoms with Crippen LogP contribution < -0.4 is 10.6 Å². The molecule has 0 heterocycles. The minimum Gasteiger partial charge on any atom is -0.354 e. The minimum atomic E-state index is -0.271. The number of carbonyl (C=O) groups is 1. The van der Waals surface area contributed by atoms with Crippen molar-refractivity contribution in [3.05, 3.63) is 34.1 Å². The average Bonchev–Trinajstić information content (AvgIpc) is 2.29. The number of halogens is 2. The molecule has 0 saturated carbocycles. The predicted molar refractivity (Wildman–Crippen MR) is 73.7 cm³/mol. The molecule has 3 nitrogen and oxygen atoms in total. The Balaban J connectivity index is 2.30. The summed E-state index contributed by atoms with van der Waals surface area (Å²) in [4.78, 5) is 11.4. The predicted octanol–water partition coefficient (Wildman–Crippen LogP) is 2.59. The molecule has 100 valence electrons. The number of hydrogen-bond acceptors (Lipinski definition) is 2. The summed E-state index contributed by atoms with van der Waals surface area (Å²) in [5.41, 5.74) is 0.847. The minimum absolute atomic E-state index is 0.0239. The summed E-state index contributed by atoms with van der Waals surface area (Å²) in [6.45, 7) is 4.96. The highest BCUT2D eigenvalue weighted by Crippen LogP contribution is 2.19. The number of nitrogens with one attached hydrogen (secondary N) is 2. The summed E-state index contributed by atoms with van der Waals surface area (Å²) in [5.74, 6) is -0.248. The summed E-state index contributed by atoms with van der Waals surface area (Å²) >= 11 is 3.20. The molecule has 1 aromatic rings. The molecule has 1 aromatic carbocycles. The van der Waals surface area contributed by atoms with E-state index in [1.54, 1.807) is 6.07 Å². The number of amides is 1. The zero-order chi connectivity index (χ0) is 13.5. The zero-order valence-electron chi connectivity index (χ0n) is 10.6. The fourth-order valence-corrected chi connectivity index (χ4v) is 1.91. The van der Waals surface area contributed by atoms with E-state index in [0.29, 0.717) is 24.0 Å².